The summed E-state index contributed by atoms with van der Waals surface area (Å²) in [5, 5.41) is 0. The van der Waals surface area contributed by atoms with Crippen molar-refractivity contribution in [2.24, 2.45) is 11.8 Å². The number of hydrogen-bond donors (Lipinski definition) is 0. The Morgan fingerprint density at radius 1 is 1.55 bits per heavy atom. The SMILES string of the molecule is CCC1CC1CCOC(C)=O. The molecule has 2 nitrogen and oxygen atoms in total. The van der Waals surface area contributed by atoms with Gasteiger partial charge in [-0.25, -0.2) is 0 Å². The van der Waals surface area contributed by atoms with Gasteiger partial charge in [0.25, 0.3) is 0 Å². The van der Waals surface area contributed by atoms with Crippen molar-refractivity contribution >= 4 is 5.97 Å². The Balaban J connectivity index is 1.93. The topological polar surface area (TPSA) is 26.3 Å². The van der Waals surface area contributed by atoms with Crippen LogP contribution in [-0.2, 0) is 9.53 Å². The van der Waals surface area contributed by atoms with E-state index in [2.05, 4.69) is 6.92 Å². The largest absolute Gasteiger partial charge is 0.466 e. The standard InChI is InChI=1S/C9H16O2/c1-3-8-6-9(8)4-5-11-7(2)10/h8-9H,3-6H2,1-2H3. The molecule has 0 saturated heterocycles. The predicted molar refractivity (Wildman–Crippen MR) is 43.1 cm³/mol. The van der Waals surface area contributed by atoms with Gasteiger partial charge in [-0.2, -0.15) is 0 Å². The predicted octanol–water partition coefficient (Wildman–Crippen LogP) is 1.99. The van der Waals surface area contributed by atoms with Gasteiger partial charge in [-0.05, 0) is 24.7 Å². The zero-order valence-electron chi connectivity index (χ0n) is 7.30. The van der Waals surface area contributed by atoms with Gasteiger partial charge in [-0.15, -0.1) is 0 Å². The highest BCUT2D eigenvalue weighted by molar-refractivity contribution is 5.65. The lowest BCUT2D eigenvalue weighted by Crippen LogP contribution is -2.01. The third-order valence-electron chi connectivity index (χ3n) is 2.39. The van der Waals surface area contributed by atoms with Crippen molar-refractivity contribution in [3.63, 3.8) is 0 Å². The third-order valence-corrected chi connectivity index (χ3v) is 2.39. The maximum absolute atomic E-state index is 10.4. The lowest BCUT2D eigenvalue weighted by molar-refractivity contribution is -0.141. The van der Waals surface area contributed by atoms with Crippen LogP contribution in [0.4, 0.5) is 0 Å². The molecule has 0 N–H and O–H groups in total. The van der Waals surface area contributed by atoms with Crippen molar-refractivity contribution in [1.82, 2.24) is 0 Å². The zero-order chi connectivity index (χ0) is 8.27. The lowest BCUT2D eigenvalue weighted by atomic mass is 10.2. The second kappa shape index (κ2) is 3.74. The smallest absolute Gasteiger partial charge is 0.302 e. The Labute approximate surface area is 67.9 Å². The molecule has 1 fully saturated rings. The van der Waals surface area contributed by atoms with Crippen LogP contribution in [0.1, 0.15) is 33.1 Å². The first-order valence-corrected chi connectivity index (χ1v) is 4.37. The average molecular weight is 156 g/mol. The molecule has 1 aliphatic rings. The second-order valence-electron chi connectivity index (χ2n) is 3.29. The van der Waals surface area contributed by atoms with Gasteiger partial charge in [0.15, 0.2) is 0 Å². The van der Waals surface area contributed by atoms with Gasteiger partial charge in [0, 0.05) is 6.92 Å². The van der Waals surface area contributed by atoms with E-state index in [1.807, 2.05) is 0 Å². The quantitative estimate of drug-likeness (QED) is 0.582. The van der Waals surface area contributed by atoms with Crippen LogP contribution in [-0.4, -0.2) is 12.6 Å². The van der Waals surface area contributed by atoms with E-state index in [4.69, 9.17) is 4.74 Å². The summed E-state index contributed by atoms with van der Waals surface area (Å²) in [4.78, 5) is 10.4. The monoisotopic (exact) mass is 156 g/mol. The first-order valence-electron chi connectivity index (χ1n) is 4.37. The summed E-state index contributed by atoms with van der Waals surface area (Å²) in [6, 6.07) is 0. The molecule has 1 rings (SSSR count). The molecule has 0 aromatic rings. The number of ether oxygens (including phenoxy) is 1. The molecule has 0 aliphatic heterocycles. The van der Waals surface area contributed by atoms with E-state index in [0.29, 0.717) is 6.61 Å². The van der Waals surface area contributed by atoms with Crippen molar-refractivity contribution < 1.29 is 9.53 Å². The van der Waals surface area contributed by atoms with Crippen LogP contribution in [0.25, 0.3) is 0 Å². The number of carbonyl (C=O) groups excluding carboxylic acids is 1. The molecule has 0 amide bonds. The van der Waals surface area contributed by atoms with Crippen LogP contribution in [0.5, 0.6) is 0 Å². The van der Waals surface area contributed by atoms with Crippen molar-refractivity contribution in [2.45, 2.75) is 33.1 Å². The van der Waals surface area contributed by atoms with Gasteiger partial charge in [0.05, 0.1) is 6.61 Å². The lowest BCUT2D eigenvalue weighted by Gasteiger charge is -1.99. The number of hydrogen-bond acceptors (Lipinski definition) is 2. The fourth-order valence-corrected chi connectivity index (χ4v) is 1.52. The summed E-state index contributed by atoms with van der Waals surface area (Å²) >= 11 is 0. The summed E-state index contributed by atoms with van der Waals surface area (Å²) in [6.07, 6.45) is 3.70. The second-order valence-corrected chi connectivity index (χ2v) is 3.29. The maximum atomic E-state index is 10.4. The van der Waals surface area contributed by atoms with E-state index >= 15 is 0 Å². The molecular formula is C9H16O2. The molecule has 0 bridgehead atoms. The molecule has 2 atom stereocenters. The molecule has 2 heteroatoms. The van der Waals surface area contributed by atoms with Crippen molar-refractivity contribution in [3.8, 4) is 0 Å². The van der Waals surface area contributed by atoms with E-state index in [9.17, 15) is 4.79 Å². The van der Waals surface area contributed by atoms with Crippen LogP contribution in [0.3, 0.4) is 0 Å². The molecule has 0 radical (unpaired) electrons. The highest BCUT2D eigenvalue weighted by Crippen LogP contribution is 2.43. The van der Waals surface area contributed by atoms with E-state index in [1.54, 1.807) is 0 Å². The van der Waals surface area contributed by atoms with Gasteiger partial charge in [-0.1, -0.05) is 13.3 Å². The molecule has 1 saturated carbocycles. The van der Waals surface area contributed by atoms with E-state index in [0.717, 1.165) is 18.3 Å². The van der Waals surface area contributed by atoms with E-state index < -0.39 is 0 Å². The normalized spacial score (nSPS) is 28.2. The molecule has 0 heterocycles. The summed E-state index contributed by atoms with van der Waals surface area (Å²) in [6.45, 7) is 4.30. The minimum absolute atomic E-state index is 0.154. The third kappa shape index (κ3) is 2.91. The minimum Gasteiger partial charge on any atom is -0.466 e. The number of rotatable bonds is 4. The molecule has 0 spiro atoms. The number of esters is 1. The first kappa shape index (κ1) is 8.57. The molecular weight excluding hydrogens is 140 g/mol. The Bertz CT molecular complexity index is 142. The fourth-order valence-electron chi connectivity index (χ4n) is 1.52. The summed E-state index contributed by atoms with van der Waals surface area (Å²) in [5.74, 6) is 1.61. The first-order chi connectivity index (χ1) is 5.24. The average Bonchev–Trinajstić information content (AvgIpc) is 2.66. The number of carbonyl (C=O) groups is 1. The van der Waals surface area contributed by atoms with Crippen LogP contribution in [0.2, 0.25) is 0 Å². The Hall–Kier alpha value is -0.530. The van der Waals surface area contributed by atoms with Gasteiger partial charge in [0.2, 0.25) is 0 Å². The van der Waals surface area contributed by atoms with Gasteiger partial charge < -0.3 is 4.74 Å². The summed E-state index contributed by atoms with van der Waals surface area (Å²) in [7, 11) is 0. The van der Waals surface area contributed by atoms with Crippen LogP contribution in [0.15, 0.2) is 0 Å². The zero-order valence-corrected chi connectivity index (χ0v) is 7.30. The van der Waals surface area contributed by atoms with Crippen molar-refractivity contribution in [1.29, 1.82) is 0 Å². The van der Waals surface area contributed by atoms with Crippen LogP contribution in [0, 0.1) is 11.8 Å². The van der Waals surface area contributed by atoms with E-state index in [-0.39, 0.29) is 5.97 Å². The maximum Gasteiger partial charge on any atom is 0.302 e. The van der Waals surface area contributed by atoms with Crippen molar-refractivity contribution in [3.05, 3.63) is 0 Å². The van der Waals surface area contributed by atoms with E-state index in [1.165, 1.54) is 19.8 Å². The molecule has 0 aromatic carbocycles. The Morgan fingerprint density at radius 3 is 2.73 bits per heavy atom. The summed E-state index contributed by atoms with van der Waals surface area (Å²) < 4.78 is 4.85. The Morgan fingerprint density at radius 2 is 2.27 bits per heavy atom. The summed E-state index contributed by atoms with van der Waals surface area (Å²) in [5.41, 5.74) is 0. The van der Waals surface area contributed by atoms with Crippen molar-refractivity contribution in [2.75, 3.05) is 6.61 Å². The fraction of sp³-hybridized carbons (Fsp3) is 0.889. The molecule has 11 heavy (non-hydrogen) atoms. The van der Waals surface area contributed by atoms with Crippen LogP contribution < -0.4 is 0 Å². The van der Waals surface area contributed by atoms with Crippen LogP contribution >= 0.6 is 0 Å². The Kier molecular flexibility index (Phi) is 2.92. The molecule has 0 aromatic heterocycles. The molecule has 2 unspecified atom stereocenters. The highest BCUT2D eigenvalue weighted by atomic mass is 16.5. The highest BCUT2D eigenvalue weighted by Gasteiger charge is 2.34. The molecule has 1 aliphatic carbocycles. The molecule has 64 valence electrons. The van der Waals surface area contributed by atoms with Gasteiger partial charge in [-0.3, -0.25) is 4.79 Å². The van der Waals surface area contributed by atoms with Gasteiger partial charge in [0.1, 0.15) is 0 Å². The minimum atomic E-state index is -0.154. The van der Waals surface area contributed by atoms with Gasteiger partial charge >= 0.3 is 5.97 Å².